The van der Waals surface area contributed by atoms with E-state index in [2.05, 4.69) is 4.74 Å². The first kappa shape index (κ1) is 31.0. The van der Waals surface area contributed by atoms with Gasteiger partial charge in [0, 0.05) is 11.5 Å². The Kier molecular flexibility index (Phi) is 7.23. The summed E-state index contributed by atoms with van der Waals surface area (Å²) in [6.45, 7) is -1.94. The minimum atomic E-state index is -8.67. The summed E-state index contributed by atoms with van der Waals surface area (Å²) in [5, 5.41) is 0. The molecule has 0 heterocycles. The molecule has 0 N–H and O–H groups in total. The molecule has 0 fully saturated rings. The van der Waals surface area contributed by atoms with Crippen LogP contribution in [0.15, 0.2) is 23.8 Å². The smallest absolute Gasteiger partial charge is 0.460 e. The van der Waals surface area contributed by atoms with E-state index in [1.807, 2.05) is 0 Å². The Morgan fingerprint density at radius 3 is 1.49 bits per heavy atom. The third kappa shape index (κ3) is 4.32. The minimum absolute atomic E-state index is 0.174. The van der Waals surface area contributed by atoms with Crippen molar-refractivity contribution in [3.8, 4) is 0 Å². The molecule has 0 spiro atoms. The number of halogens is 17. The van der Waals surface area contributed by atoms with Crippen molar-refractivity contribution in [3.05, 3.63) is 23.8 Å². The first-order chi connectivity index (χ1) is 16.2. The third-order valence-electron chi connectivity index (χ3n) is 5.58. The maximum absolute atomic E-state index is 13.8. The van der Waals surface area contributed by atoms with Gasteiger partial charge in [0.2, 0.25) is 0 Å². The molecule has 214 valence electrons. The first-order valence-electron chi connectivity index (χ1n) is 9.49. The van der Waals surface area contributed by atoms with Gasteiger partial charge >= 0.3 is 53.6 Å². The maximum atomic E-state index is 13.8. The Balaban J connectivity index is 2.28. The second-order valence-corrected chi connectivity index (χ2v) is 8.05. The van der Waals surface area contributed by atoms with Gasteiger partial charge in [0.1, 0.15) is 0 Å². The van der Waals surface area contributed by atoms with E-state index in [-0.39, 0.29) is 11.5 Å². The molecule has 2 unspecified atom stereocenters. The van der Waals surface area contributed by atoms with Crippen LogP contribution < -0.4 is 0 Å². The highest BCUT2D eigenvalue weighted by molar-refractivity contribution is 5.90. The monoisotopic (exact) mass is 582 g/mol. The Labute approximate surface area is 194 Å². The average molecular weight is 582 g/mol. The highest BCUT2D eigenvalue weighted by atomic mass is 19.4. The van der Waals surface area contributed by atoms with Crippen molar-refractivity contribution in [1.82, 2.24) is 0 Å². The fourth-order valence-electron chi connectivity index (χ4n) is 3.36. The van der Waals surface area contributed by atoms with Gasteiger partial charge in [-0.3, -0.25) is 0 Å². The van der Waals surface area contributed by atoms with Crippen LogP contribution in [-0.2, 0) is 9.53 Å². The van der Waals surface area contributed by atoms with Gasteiger partial charge in [0.15, 0.2) is 0 Å². The number of carbonyl (C=O) groups is 1. The van der Waals surface area contributed by atoms with Crippen LogP contribution in [0.5, 0.6) is 0 Å². The molecular weight excluding hydrogens is 571 g/mol. The normalized spacial score (nSPS) is 21.9. The van der Waals surface area contributed by atoms with E-state index in [0.717, 1.165) is 0 Å². The standard InChI is InChI=1S/C18H11F17O2/c19-11(20,3-4-37-10(36)9-6-7-1-2-8(9)5-7)12(21,22)13(23,24)14(25,26)15(27,28)16(29,30)17(31,32)18(33,34)35/h1-2,6-8H,3-5H2. The van der Waals surface area contributed by atoms with Crippen molar-refractivity contribution >= 4 is 5.97 Å². The molecule has 2 atom stereocenters. The SMILES string of the molecule is O=C(OCCC(F)(F)C(F)(F)C(F)(F)C(F)(F)C(F)(F)C(F)(F)C(F)(F)C(F)(F)F)C1=CC2C=CC1C2. The molecule has 0 amide bonds. The number of alkyl halides is 17. The molecule has 0 radical (unpaired) electrons. The van der Waals surface area contributed by atoms with Gasteiger partial charge in [0.05, 0.1) is 13.0 Å². The van der Waals surface area contributed by atoms with Crippen molar-refractivity contribution in [1.29, 1.82) is 0 Å². The van der Waals surface area contributed by atoms with Crippen LogP contribution in [-0.4, -0.2) is 60.2 Å². The van der Waals surface area contributed by atoms with Crippen LogP contribution in [0.4, 0.5) is 74.6 Å². The summed E-state index contributed by atoms with van der Waals surface area (Å²) in [5.41, 5.74) is -0.174. The lowest BCUT2D eigenvalue weighted by atomic mass is 9.88. The van der Waals surface area contributed by atoms with E-state index in [4.69, 9.17) is 0 Å². The van der Waals surface area contributed by atoms with Gasteiger partial charge in [-0.05, 0) is 12.3 Å². The molecule has 19 heteroatoms. The van der Waals surface area contributed by atoms with Crippen LogP contribution in [0, 0.1) is 11.8 Å². The highest BCUT2D eigenvalue weighted by Gasteiger charge is 2.95. The third-order valence-corrected chi connectivity index (χ3v) is 5.58. The summed E-state index contributed by atoms with van der Waals surface area (Å²) in [6, 6.07) is 0. The van der Waals surface area contributed by atoms with Crippen molar-refractivity contribution in [2.45, 2.75) is 60.5 Å². The lowest BCUT2D eigenvalue weighted by Crippen LogP contribution is -2.74. The zero-order valence-corrected chi connectivity index (χ0v) is 17.2. The lowest BCUT2D eigenvalue weighted by molar-refractivity contribution is -0.461. The van der Waals surface area contributed by atoms with E-state index in [1.54, 1.807) is 6.08 Å². The number of carbonyl (C=O) groups excluding carboxylic acids is 1. The fraction of sp³-hybridized carbons (Fsp3) is 0.722. The van der Waals surface area contributed by atoms with Crippen molar-refractivity contribution in [2.75, 3.05) is 6.61 Å². The largest absolute Gasteiger partial charge is 0.462 e. The molecule has 2 bridgehead atoms. The van der Waals surface area contributed by atoms with Crippen LogP contribution in [0.25, 0.3) is 0 Å². The van der Waals surface area contributed by atoms with Gasteiger partial charge < -0.3 is 4.74 Å². The summed E-state index contributed by atoms with van der Waals surface area (Å²) in [5.74, 6) is -59.1. The van der Waals surface area contributed by atoms with Crippen molar-refractivity contribution < 1.29 is 84.2 Å². The molecule has 0 aromatic rings. The topological polar surface area (TPSA) is 26.3 Å². The fourth-order valence-corrected chi connectivity index (χ4v) is 3.36. The summed E-state index contributed by atoms with van der Waals surface area (Å²) in [4.78, 5) is 11.8. The number of allylic oxidation sites excluding steroid dienone is 3. The molecule has 0 aromatic heterocycles. The van der Waals surface area contributed by atoms with E-state index >= 15 is 0 Å². The van der Waals surface area contributed by atoms with Gasteiger partial charge in [-0.15, -0.1) is 0 Å². The predicted octanol–water partition coefficient (Wildman–Crippen LogP) is 7.06. The number of hydrogen-bond acceptors (Lipinski definition) is 2. The van der Waals surface area contributed by atoms with Crippen molar-refractivity contribution in [2.24, 2.45) is 11.8 Å². The van der Waals surface area contributed by atoms with Gasteiger partial charge in [-0.2, -0.15) is 74.6 Å². The molecule has 2 rings (SSSR count). The lowest BCUT2D eigenvalue weighted by Gasteiger charge is -2.42. The molecule has 2 aliphatic rings. The second kappa shape index (κ2) is 8.64. The molecule has 37 heavy (non-hydrogen) atoms. The molecular formula is C18H11F17O2. The quantitative estimate of drug-likeness (QED) is 0.157. The predicted molar refractivity (Wildman–Crippen MR) is 85.1 cm³/mol. The van der Waals surface area contributed by atoms with Gasteiger partial charge in [-0.1, -0.05) is 18.2 Å². The Morgan fingerprint density at radius 1 is 0.676 bits per heavy atom. The van der Waals surface area contributed by atoms with Crippen LogP contribution in [0.3, 0.4) is 0 Å². The number of fused-ring (bicyclic) bond motifs is 2. The highest BCUT2D eigenvalue weighted by Crippen LogP contribution is 2.64. The van der Waals surface area contributed by atoms with E-state index in [9.17, 15) is 79.4 Å². The number of rotatable bonds is 10. The number of ether oxygens (including phenoxy) is 1. The van der Waals surface area contributed by atoms with E-state index in [0.29, 0.717) is 6.42 Å². The maximum Gasteiger partial charge on any atom is 0.460 e. The molecule has 0 saturated heterocycles. The number of esters is 1. The molecule has 0 saturated carbocycles. The Morgan fingerprint density at radius 2 is 1.11 bits per heavy atom. The van der Waals surface area contributed by atoms with Gasteiger partial charge in [-0.25, -0.2) is 4.79 Å². The zero-order valence-electron chi connectivity index (χ0n) is 17.2. The molecule has 0 aromatic carbocycles. The molecule has 0 aliphatic heterocycles. The summed E-state index contributed by atoms with van der Waals surface area (Å²) < 4.78 is 228. The molecule has 2 aliphatic carbocycles. The van der Waals surface area contributed by atoms with Crippen LogP contribution >= 0.6 is 0 Å². The van der Waals surface area contributed by atoms with E-state index in [1.165, 1.54) is 12.2 Å². The minimum Gasteiger partial charge on any atom is -0.462 e. The van der Waals surface area contributed by atoms with Crippen LogP contribution in [0.2, 0.25) is 0 Å². The average Bonchev–Trinajstić information content (AvgIpc) is 3.35. The summed E-state index contributed by atoms with van der Waals surface area (Å²) >= 11 is 0. The number of hydrogen-bond donors (Lipinski definition) is 0. The Bertz CT molecular complexity index is 960. The van der Waals surface area contributed by atoms with Crippen LogP contribution in [0.1, 0.15) is 12.8 Å². The zero-order chi connectivity index (χ0) is 29.3. The molecule has 2 nitrogen and oxygen atoms in total. The second-order valence-electron chi connectivity index (χ2n) is 8.05. The summed E-state index contributed by atoms with van der Waals surface area (Å²) in [6.07, 6.45) is -5.94. The first-order valence-corrected chi connectivity index (χ1v) is 9.49. The van der Waals surface area contributed by atoms with Gasteiger partial charge in [0.25, 0.3) is 0 Å². The Hall–Kier alpha value is -2.24. The summed E-state index contributed by atoms with van der Waals surface area (Å²) in [7, 11) is 0. The van der Waals surface area contributed by atoms with E-state index < -0.39 is 72.5 Å². The van der Waals surface area contributed by atoms with Crippen molar-refractivity contribution in [3.63, 3.8) is 0 Å².